The van der Waals surface area contributed by atoms with Crippen LogP contribution in [0.25, 0.3) is 115 Å². The molecule has 0 atom stereocenters. The summed E-state index contributed by atoms with van der Waals surface area (Å²) < 4.78 is 2.08. The number of hydrogen-bond acceptors (Lipinski definition) is 1. The number of aromatic nitrogens is 2. The van der Waals surface area contributed by atoms with Gasteiger partial charge < -0.3 is 4.40 Å². The number of benzene rings is 9. The number of pyridine rings is 1. The second-order valence-electron chi connectivity index (χ2n) is 14.7. The van der Waals surface area contributed by atoms with E-state index in [9.17, 15) is 0 Å². The number of imidazole rings is 1. The number of hydrogen-bond donors (Lipinski definition) is 0. The monoisotopic (exact) mass is 696 g/mol. The largest absolute Gasteiger partial charge is 0.306 e. The molecule has 0 unspecified atom stereocenters. The summed E-state index contributed by atoms with van der Waals surface area (Å²) in [6, 6.07) is 67.1. The maximum Gasteiger partial charge on any atom is 0.137 e. The van der Waals surface area contributed by atoms with Crippen molar-refractivity contribution in [3.05, 3.63) is 194 Å². The fourth-order valence-electron chi connectivity index (χ4n) is 9.36. The molecule has 0 radical (unpaired) electrons. The van der Waals surface area contributed by atoms with Gasteiger partial charge in [-0.2, -0.15) is 0 Å². The van der Waals surface area contributed by atoms with Crippen molar-refractivity contribution in [1.82, 2.24) is 9.38 Å². The van der Waals surface area contributed by atoms with Gasteiger partial charge in [-0.25, -0.2) is 4.98 Å². The number of fused-ring (bicyclic) bond motifs is 8. The normalized spacial score (nSPS) is 12.0. The molecule has 0 saturated heterocycles. The van der Waals surface area contributed by atoms with Crippen LogP contribution in [0.3, 0.4) is 0 Å². The van der Waals surface area contributed by atoms with Gasteiger partial charge in [0, 0.05) is 18.0 Å². The molecule has 0 aliphatic carbocycles. The second-order valence-corrected chi connectivity index (χ2v) is 14.7. The highest BCUT2D eigenvalue weighted by molar-refractivity contribution is 6.34. The van der Waals surface area contributed by atoms with Gasteiger partial charge in [-0.15, -0.1) is 0 Å². The Morgan fingerprint density at radius 1 is 0.327 bits per heavy atom. The summed E-state index contributed by atoms with van der Waals surface area (Å²) in [5.74, 6) is 0. The van der Waals surface area contributed by atoms with Crippen LogP contribution < -0.4 is 0 Å². The lowest BCUT2D eigenvalue weighted by Gasteiger charge is -2.19. The summed E-state index contributed by atoms with van der Waals surface area (Å²) in [6.07, 6.45) is 4.15. The van der Waals surface area contributed by atoms with Crippen LogP contribution >= 0.6 is 0 Å². The molecule has 2 aromatic heterocycles. The van der Waals surface area contributed by atoms with E-state index in [0.717, 1.165) is 16.9 Å². The van der Waals surface area contributed by atoms with Gasteiger partial charge in [-0.1, -0.05) is 158 Å². The molecule has 12 rings (SSSR count). The van der Waals surface area contributed by atoms with Gasteiger partial charge >= 0.3 is 0 Å². The molecule has 0 N–H and O–H groups in total. The summed E-state index contributed by atoms with van der Waals surface area (Å²) in [4.78, 5) is 4.89. The molecule has 0 amide bonds. The van der Waals surface area contributed by atoms with E-state index in [1.165, 1.54) is 97.7 Å². The second kappa shape index (κ2) is 11.6. The van der Waals surface area contributed by atoms with Crippen molar-refractivity contribution in [2.75, 3.05) is 0 Å². The Balaban J connectivity index is 1.16. The lowest BCUT2D eigenvalue weighted by atomic mass is 9.84. The van der Waals surface area contributed by atoms with Crippen LogP contribution in [0.15, 0.2) is 194 Å². The van der Waals surface area contributed by atoms with Gasteiger partial charge in [0.05, 0.1) is 5.69 Å². The summed E-state index contributed by atoms with van der Waals surface area (Å²) in [6.45, 7) is 0. The number of rotatable bonds is 3. The highest BCUT2D eigenvalue weighted by Gasteiger charge is 2.19. The third-order valence-electron chi connectivity index (χ3n) is 11.7. The van der Waals surface area contributed by atoms with Gasteiger partial charge in [0.25, 0.3) is 0 Å². The fraction of sp³-hybridized carbons (Fsp3) is 0. The first-order valence-electron chi connectivity index (χ1n) is 19.0. The third-order valence-corrected chi connectivity index (χ3v) is 11.7. The summed E-state index contributed by atoms with van der Waals surface area (Å²) in [7, 11) is 0. The van der Waals surface area contributed by atoms with E-state index in [0.29, 0.717) is 0 Å². The van der Waals surface area contributed by atoms with Gasteiger partial charge in [0.2, 0.25) is 0 Å². The fourth-order valence-corrected chi connectivity index (χ4v) is 9.36. The Morgan fingerprint density at radius 3 is 1.45 bits per heavy atom. The molecule has 12 aromatic rings. The van der Waals surface area contributed by atoms with Crippen molar-refractivity contribution in [3.8, 4) is 33.5 Å². The molecule has 254 valence electrons. The molecule has 0 bridgehead atoms. The number of nitrogens with zero attached hydrogens (tertiary/aromatic N) is 2. The smallest absolute Gasteiger partial charge is 0.137 e. The van der Waals surface area contributed by atoms with Crippen molar-refractivity contribution in [2.24, 2.45) is 0 Å². The SMILES string of the molecule is c1ccc2c(-c3cc4ccc5cccc6c7ccccc7c7ccccc7c(c3)c4c56)c3ccccc3c(-c3ccc(-c4cn5ccccc5n4)cc3)c2c1. The first-order valence-corrected chi connectivity index (χ1v) is 19.0. The van der Waals surface area contributed by atoms with Crippen LogP contribution in [0, 0.1) is 0 Å². The van der Waals surface area contributed by atoms with E-state index in [1.54, 1.807) is 0 Å². The van der Waals surface area contributed by atoms with Crippen LogP contribution in [0.1, 0.15) is 0 Å². The minimum absolute atomic E-state index is 0.949. The minimum Gasteiger partial charge on any atom is -0.306 e. The van der Waals surface area contributed by atoms with Gasteiger partial charge in [0.1, 0.15) is 5.65 Å². The van der Waals surface area contributed by atoms with E-state index in [4.69, 9.17) is 4.98 Å². The Morgan fingerprint density at radius 2 is 0.818 bits per heavy atom. The molecule has 2 heteroatoms. The molecule has 0 fully saturated rings. The third kappa shape index (κ3) is 4.46. The molecular formula is C53H32N2. The average Bonchev–Trinajstić information content (AvgIpc) is 3.69. The molecule has 2 heterocycles. The van der Waals surface area contributed by atoms with Crippen molar-refractivity contribution in [1.29, 1.82) is 0 Å². The molecule has 0 saturated carbocycles. The molecule has 10 aromatic carbocycles. The average molecular weight is 697 g/mol. The summed E-state index contributed by atoms with van der Waals surface area (Å²) in [5.41, 5.74) is 7.97. The van der Waals surface area contributed by atoms with Crippen molar-refractivity contribution >= 4 is 81.1 Å². The molecule has 2 nitrogen and oxygen atoms in total. The van der Waals surface area contributed by atoms with Crippen LogP contribution in [0.2, 0.25) is 0 Å². The van der Waals surface area contributed by atoms with Gasteiger partial charge in [-0.05, 0) is 122 Å². The zero-order chi connectivity index (χ0) is 36.0. The zero-order valence-electron chi connectivity index (χ0n) is 29.9. The Hall–Kier alpha value is -7.29. The first-order chi connectivity index (χ1) is 27.3. The van der Waals surface area contributed by atoms with Crippen molar-refractivity contribution in [3.63, 3.8) is 0 Å². The highest BCUT2D eigenvalue weighted by Crippen LogP contribution is 2.47. The predicted molar refractivity (Wildman–Crippen MR) is 234 cm³/mol. The Labute approximate surface area is 317 Å². The van der Waals surface area contributed by atoms with E-state index >= 15 is 0 Å². The van der Waals surface area contributed by atoms with E-state index in [-0.39, 0.29) is 0 Å². The Bertz CT molecular complexity index is 3450. The van der Waals surface area contributed by atoms with E-state index in [2.05, 4.69) is 174 Å². The van der Waals surface area contributed by atoms with Crippen LogP contribution in [-0.4, -0.2) is 9.38 Å². The highest BCUT2D eigenvalue weighted by atomic mass is 15.0. The van der Waals surface area contributed by atoms with Gasteiger partial charge in [-0.3, -0.25) is 0 Å². The molecular weight excluding hydrogens is 665 g/mol. The lowest BCUT2D eigenvalue weighted by Crippen LogP contribution is -1.92. The standard InChI is InChI=1S/C53H32N2/c1-3-15-40-38(13-1)39-14-2-4-16-41(39)47-31-37(30-36-28-27-34-12-11-21-42(40)52(34)53(36)47)51-45-19-7-5-17-43(45)50(44-18-6-8-20-46(44)51)35-25-23-33(24-26-35)48-32-55-29-10-9-22-49(55)54-48/h1-32H. The van der Waals surface area contributed by atoms with Crippen molar-refractivity contribution in [2.45, 2.75) is 0 Å². The van der Waals surface area contributed by atoms with Gasteiger partial charge in [0.15, 0.2) is 0 Å². The van der Waals surface area contributed by atoms with Crippen LogP contribution in [0.5, 0.6) is 0 Å². The quantitative estimate of drug-likeness (QED) is 0.133. The molecule has 0 aliphatic rings. The Kier molecular flexibility index (Phi) is 6.37. The van der Waals surface area contributed by atoms with Crippen molar-refractivity contribution < 1.29 is 0 Å². The maximum absolute atomic E-state index is 4.89. The first kappa shape index (κ1) is 30.2. The maximum atomic E-state index is 4.89. The minimum atomic E-state index is 0.949. The molecule has 0 spiro atoms. The lowest BCUT2D eigenvalue weighted by molar-refractivity contribution is 1.19. The van der Waals surface area contributed by atoms with E-state index < -0.39 is 0 Å². The van der Waals surface area contributed by atoms with E-state index in [1.807, 2.05) is 24.4 Å². The molecule has 0 aliphatic heterocycles. The van der Waals surface area contributed by atoms with Crippen LogP contribution in [0.4, 0.5) is 0 Å². The summed E-state index contributed by atoms with van der Waals surface area (Å²) in [5, 5.41) is 17.8. The van der Waals surface area contributed by atoms with Crippen LogP contribution in [-0.2, 0) is 0 Å². The topological polar surface area (TPSA) is 17.3 Å². The summed E-state index contributed by atoms with van der Waals surface area (Å²) >= 11 is 0. The predicted octanol–water partition coefficient (Wildman–Crippen LogP) is 14.4. The zero-order valence-corrected chi connectivity index (χ0v) is 29.9. The molecule has 55 heavy (non-hydrogen) atoms.